The molecular formula is C5H8F2O. The third-order valence-electron chi connectivity index (χ3n) is 1.66. The number of hydrogen-bond acceptors (Lipinski definition) is 1. The molecule has 0 heterocycles. The lowest BCUT2D eigenvalue weighted by Crippen LogP contribution is -2.15. The summed E-state index contributed by atoms with van der Waals surface area (Å²) in [6.45, 7) is 1.41. The Morgan fingerprint density at radius 2 is 1.88 bits per heavy atom. The van der Waals surface area contributed by atoms with Crippen molar-refractivity contribution in [3.63, 3.8) is 0 Å². The van der Waals surface area contributed by atoms with Crippen LogP contribution in [0.1, 0.15) is 13.3 Å². The highest BCUT2D eigenvalue weighted by atomic mass is 19.3. The molecule has 1 aliphatic carbocycles. The fourth-order valence-electron chi connectivity index (χ4n) is 0.601. The van der Waals surface area contributed by atoms with Crippen LogP contribution in [0.4, 0.5) is 8.78 Å². The summed E-state index contributed by atoms with van der Waals surface area (Å²) >= 11 is 0. The van der Waals surface area contributed by atoms with Crippen LogP contribution in [0.15, 0.2) is 0 Å². The second-order valence-corrected chi connectivity index (χ2v) is 2.32. The average Bonchev–Trinajstić information content (AvgIpc) is 2.10. The summed E-state index contributed by atoms with van der Waals surface area (Å²) < 4.78 is 28.6. The topological polar surface area (TPSA) is 9.23 Å². The van der Waals surface area contributed by atoms with Crippen molar-refractivity contribution in [2.75, 3.05) is 7.11 Å². The lowest BCUT2D eigenvalue weighted by atomic mass is 10.4. The third kappa shape index (κ3) is 0.540. The predicted molar refractivity (Wildman–Crippen MR) is 25.0 cm³/mol. The highest BCUT2D eigenvalue weighted by molar-refractivity contribution is 5.09. The molecular weight excluding hydrogens is 114 g/mol. The summed E-state index contributed by atoms with van der Waals surface area (Å²) in [5, 5.41) is 0. The van der Waals surface area contributed by atoms with Crippen molar-refractivity contribution in [2.24, 2.45) is 0 Å². The molecule has 0 bridgehead atoms. The van der Waals surface area contributed by atoms with Crippen LogP contribution in [0, 0.1) is 0 Å². The summed E-state index contributed by atoms with van der Waals surface area (Å²) in [6.07, 6.45) is -0.128. The lowest BCUT2D eigenvalue weighted by Gasteiger charge is -2.04. The number of hydrogen-bond donors (Lipinski definition) is 0. The molecule has 1 aliphatic rings. The first kappa shape index (κ1) is 5.95. The summed E-state index contributed by atoms with van der Waals surface area (Å²) in [5.41, 5.74) is -1.15. The van der Waals surface area contributed by atoms with E-state index < -0.39 is 11.5 Å². The zero-order chi connectivity index (χ0) is 6.41. The number of methoxy groups -OCH3 is 1. The molecule has 0 radical (unpaired) electrons. The van der Waals surface area contributed by atoms with E-state index in [4.69, 9.17) is 0 Å². The molecule has 0 spiro atoms. The van der Waals surface area contributed by atoms with Gasteiger partial charge >= 0.3 is 0 Å². The Morgan fingerprint density at radius 1 is 1.50 bits per heavy atom. The third-order valence-corrected chi connectivity index (χ3v) is 1.66. The van der Waals surface area contributed by atoms with Crippen LogP contribution in [0.2, 0.25) is 0 Å². The molecule has 1 atom stereocenters. The van der Waals surface area contributed by atoms with Crippen LogP contribution in [-0.4, -0.2) is 18.6 Å². The molecule has 1 nitrogen and oxygen atoms in total. The van der Waals surface area contributed by atoms with Gasteiger partial charge in [-0.3, -0.25) is 0 Å². The van der Waals surface area contributed by atoms with Crippen molar-refractivity contribution in [3.8, 4) is 0 Å². The Bertz CT molecular complexity index is 113. The van der Waals surface area contributed by atoms with Crippen molar-refractivity contribution in [2.45, 2.75) is 24.9 Å². The molecule has 3 heteroatoms. The molecule has 0 amide bonds. The van der Waals surface area contributed by atoms with Gasteiger partial charge in [-0.2, -0.15) is 0 Å². The van der Waals surface area contributed by atoms with Gasteiger partial charge in [-0.1, -0.05) is 0 Å². The Labute approximate surface area is 46.6 Å². The van der Waals surface area contributed by atoms with Gasteiger partial charge in [0.25, 0.3) is 5.92 Å². The summed E-state index contributed by atoms with van der Waals surface area (Å²) in [6, 6.07) is 0. The van der Waals surface area contributed by atoms with Gasteiger partial charge in [0.05, 0.1) is 0 Å². The monoisotopic (exact) mass is 122 g/mol. The van der Waals surface area contributed by atoms with Crippen molar-refractivity contribution in [3.05, 3.63) is 0 Å². The van der Waals surface area contributed by atoms with E-state index in [2.05, 4.69) is 4.74 Å². The van der Waals surface area contributed by atoms with Gasteiger partial charge in [0.15, 0.2) is 0 Å². The van der Waals surface area contributed by atoms with Crippen LogP contribution in [0.25, 0.3) is 0 Å². The summed E-state index contributed by atoms with van der Waals surface area (Å²) in [4.78, 5) is 0. The Morgan fingerprint density at radius 3 is 1.88 bits per heavy atom. The van der Waals surface area contributed by atoms with Gasteiger partial charge in [-0.25, -0.2) is 8.78 Å². The standard InChI is InChI=1S/C5H8F2O/c1-4(8-2)3-5(4,6)7/h3H2,1-2H3. The van der Waals surface area contributed by atoms with Crippen molar-refractivity contribution in [1.82, 2.24) is 0 Å². The second kappa shape index (κ2) is 1.21. The van der Waals surface area contributed by atoms with Crippen LogP contribution in [0.3, 0.4) is 0 Å². The van der Waals surface area contributed by atoms with Gasteiger partial charge in [0, 0.05) is 13.5 Å². The Hall–Kier alpha value is -0.180. The first-order chi connectivity index (χ1) is 3.52. The van der Waals surface area contributed by atoms with Crippen molar-refractivity contribution >= 4 is 0 Å². The molecule has 48 valence electrons. The molecule has 0 aromatic heterocycles. The molecule has 1 rings (SSSR count). The van der Waals surface area contributed by atoms with Crippen LogP contribution in [0.5, 0.6) is 0 Å². The van der Waals surface area contributed by atoms with E-state index in [0.717, 1.165) is 0 Å². The molecule has 0 aromatic rings. The SMILES string of the molecule is COC1(C)CC1(F)F. The maximum atomic E-state index is 12.1. The minimum atomic E-state index is -2.57. The number of alkyl halides is 2. The Kier molecular flexibility index (Phi) is 0.899. The van der Waals surface area contributed by atoms with Gasteiger partial charge < -0.3 is 4.74 Å². The average molecular weight is 122 g/mol. The highest BCUT2D eigenvalue weighted by Crippen LogP contribution is 2.54. The van der Waals surface area contributed by atoms with Gasteiger partial charge in [0.1, 0.15) is 5.60 Å². The molecule has 0 aromatic carbocycles. The predicted octanol–water partition coefficient (Wildman–Crippen LogP) is 1.43. The quantitative estimate of drug-likeness (QED) is 0.511. The van der Waals surface area contributed by atoms with Gasteiger partial charge in [-0.05, 0) is 6.92 Å². The van der Waals surface area contributed by atoms with E-state index in [1.165, 1.54) is 14.0 Å². The zero-order valence-corrected chi connectivity index (χ0v) is 4.87. The number of rotatable bonds is 1. The van der Waals surface area contributed by atoms with Gasteiger partial charge in [0.2, 0.25) is 0 Å². The van der Waals surface area contributed by atoms with E-state index >= 15 is 0 Å². The molecule has 8 heavy (non-hydrogen) atoms. The fourth-order valence-corrected chi connectivity index (χ4v) is 0.601. The van der Waals surface area contributed by atoms with Crippen LogP contribution < -0.4 is 0 Å². The second-order valence-electron chi connectivity index (χ2n) is 2.32. The van der Waals surface area contributed by atoms with Crippen LogP contribution in [-0.2, 0) is 4.74 Å². The largest absolute Gasteiger partial charge is 0.372 e. The molecule has 0 saturated heterocycles. The number of halogens is 2. The molecule has 0 N–H and O–H groups in total. The van der Waals surface area contributed by atoms with E-state index in [0.29, 0.717) is 0 Å². The van der Waals surface area contributed by atoms with E-state index in [1.54, 1.807) is 0 Å². The first-order valence-corrected chi connectivity index (χ1v) is 2.45. The minimum Gasteiger partial charge on any atom is -0.372 e. The highest BCUT2D eigenvalue weighted by Gasteiger charge is 2.69. The first-order valence-electron chi connectivity index (χ1n) is 2.45. The fraction of sp³-hybridized carbons (Fsp3) is 1.00. The smallest absolute Gasteiger partial charge is 0.279 e. The molecule has 1 unspecified atom stereocenters. The zero-order valence-electron chi connectivity index (χ0n) is 4.87. The maximum absolute atomic E-state index is 12.1. The molecule has 1 fully saturated rings. The molecule has 1 saturated carbocycles. The molecule has 0 aliphatic heterocycles. The van der Waals surface area contributed by atoms with Crippen molar-refractivity contribution < 1.29 is 13.5 Å². The maximum Gasteiger partial charge on any atom is 0.279 e. The lowest BCUT2D eigenvalue weighted by molar-refractivity contribution is -0.0211. The van der Waals surface area contributed by atoms with Crippen LogP contribution >= 0.6 is 0 Å². The minimum absolute atomic E-state index is 0.128. The van der Waals surface area contributed by atoms with Gasteiger partial charge in [-0.15, -0.1) is 0 Å². The Balaban J connectivity index is 2.55. The summed E-state index contributed by atoms with van der Waals surface area (Å²) in [5.74, 6) is -2.57. The van der Waals surface area contributed by atoms with Crippen molar-refractivity contribution in [1.29, 1.82) is 0 Å². The number of ether oxygens (including phenoxy) is 1. The normalized spacial score (nSPS) is 42.0. The summed E-state index contributed by atoms with van der Waals surface area (Å²) in [7, 11) is 1.31. The van der Waals surface area contributed by atoms with E-state index in [9.17, 15) is 8.78 Å². The van der Waals surface area contributed by atoms with E-state index in [-0.39, 0.29) is 6.42 Å². The van der Waals surface area contributed by atoms with E-state index in [1.807, 2.05) is 0 Å².